The van der Waals surface area contributed by atoms with Crippen molar-refractivity contribution in [3.8, 4) is 0 Å². The fraction of sp³-hybridized carbons (Fsp3) is 0.333. The average molecular weight is 348 g/mol. The van der Waals surface area contributed by atoms with Gasteiger partial charge in [0.25, 0.3) is 0 Å². The summed E-state index contributed by atoms with van der Waals surface area (Å²) in [6, 6.07) is 6.40. The van der Waals surface area contributed by atoms with Crippen LogP contribution in [-0.2, 0) is 9.84 Å². The Labute approximate surface area is 112 Å². The molecule has 1 unspecified atom stereocenters. The van der Waals surface area contributed by atoms with E-state index >= 15 is 0 Å². The molecule has 1 N–H and O–H groups in total. The Morgan fingerprint density at radius 1 is 1.31 bits per heavy atom. The van der Waals surface area contributed by atoms with Crippen molar-refractivity contribution in [2.75, 3.05) is 6.26 Å². The van der Waals surface area contributed by atoms with E-state index < -0.39 is 19.6 Å². The zero-order valence-electron chi connectivity index (χ0n) is 8.19. The molecule has 7 heteroatoms. The van der Waals surface area contributed by atoms with Gasteiger partial charge in [0, 0.05) is 10.7 Å². The van der Waals surface area contributed by atoms with Crippen molar-refractivity contribution in [1.29, 1.82) is 0 Å². The van der Waals surface area contributed by atoms with Crippen LogP contribution in [-0.4, -0.2) is 23.4 Å². The lowest BCUT2D eigenvalue weighted by Gasteiger charge is -2.24. The zero-order chi connectivity index (χ0) is 12.6. The first-order valence-corrected chi connectivity index (χ1v) is 7.61. The second-order valence-corrected chi connectivity index (χ2v) is 8.23. The molecule has 0 aliphatic carbocycles. The van der Waals surface area contributed by atoms with Crippen molar-refractivity contribution in [3.63, 3.8) is 0 Å². The van der Waals surface area contributed by atoms with Crippen LogP contribution in [0, 0.1) is 0 Å². The third-order valence-electron chi connectivity index (χ3n) is 2.00. The van der Waals surface area contributed by atoms with E-state index in [1.165, 1.54) is 0 Å². The molecule has 0 heterocycles. The second kappa shape index (κ2) is 4.82. The monoisotopic (exact) mass is 346 g/mol. The predicted molar refractivity (Wildman–Crippen MR) is 68.4 cm³/mol. The molecule has 0 aliphatic heterocycles. The maximum atomic E-state index is 11.3. The minimum absolute atomic E-state index is 0.332. The Morgan fingerprint density at radius 2 is 1.75 bits per heavy atom. The van der Waals surface area contributed by atoms with Crippen LogP contribution in [0.15, 0.2) is 28.7 Å². The number of rotatable bonds is 3. The molecule has 1 rings (SSSR count). The number of aliphatic hydroxyl groups excluding tert-OH is 1. The highest BCUT2D eigenvalue weighted by atomic mass is 79.9. The molecular formula is C9H9BrCl2O3S. The summed E-state index contributed by atoms with van der Waals surface area (Å²) in [7, 11) is -3.79. The van der Waals surface area contributed by atoms with Gasteiger partial charge < -0.3 is 5.11 Å². The van der Waals surface area contributed by atoms with Gasteiger partial charge in [-0.1, -0.05) is 51.3 Å². The number of hydrogen-bond acceptors (Lipinski definition) is 3. The molecular weight excluding hydrogens is 339 g/mol. The highest BCUT2D eigenvalue weighted by Crippen LogP contribution is 2.40. The fourth-order valence-electron chi connectivity index (χ4n) is 1.04. The lowest BCUT2D eigenvalue weighted by molar-refractivity contribution is 0.181. The largest absolute Gasteiger partial charge is 0.384 e. The standard InChI is InChI=1S/C9H9BrCl2O3S/c1-16(14,15)9(11,12)8(13)6-2-4-7(10)5-3-6/h2-5,8,13H,1H3. The highest BCUT2D eigenvalue weighted by Gasteiger charge is 2.44. The van der Waals surface area contributed by atoms with Crippen molar-refractivity contribution in [3.05, 3.63) is 34.3 Å². The summed E-state index contributed by atoms with van der Waals surface area (Å²) in [5.74, 6) is 0. The van der Waals surface area contributed by atoms with Crippen molar-refractivity contribution in [2.45, 2.75) is 9.77 Å². The normalized spacial score (nSPS) is 14.8. The molecule has 0 saturated carbocycles. The van der Waals surface area contributed by atoms with E-state index in [-0.39, 0.29) is 0 Å². The van der Waals surface area contributed by atoms with Crippen LogP contribution in [0.5, 0.6) is 0 Å². The molecule has 1 atom stereocenters. The summed E-state index contributed by atoms with van der Waals surface area (Å²) in [5.41, 5.74) is 0.332. The van der Waals surface area contributed by atoms with E-state index in [4.69, 9.17) is 23.2 Å². The van der Waals surface area contributed by atoms with Crippen LogP contribution < -0.4 is 0 Å². The first kappa shape index (κ1) is 14.3. The van der Waals surface area contributed by atoms with Gasteiger partial charge in [0.05, 0.1) is 0 Å². The molecule has 0 saturated heterocycles. The number of sulfone groups is 1. The Kier molecular flexibility index (Phi) is 4.29. The average Bonchev–Trinajstić information content (AvgIpc) is 2.16. The Balaban J connectivity index is 3.12. The molecule has 1 aromatic carbocycles. The van der Waals surface area contributed by atoms with Gasteiger partial charge in [0.2, 0.25) is 3.67 Å². The number of alkyl halides is 2. The molecule has 16 heavy (non-hydrogen) atoms. The van der Waals surface area contributed by atoms with Gasteiger partial charge in [0.15, 0.2) is 9.84 Å². The van der Waals surface area contributed by atoms with Gasteiger partial charge in [-0.15, -0.1) is 0 Å². The summed E-state index contributed by atoms with van der Waals surface area (Å²) in [6.07, 6.45) is -0.631. The minimum atomic E-state index is -3.79. The van der Waals surface area contributed by atoms with Crippen LogP contribution >= 0.6 is 39.1 Å². The van der Waals surface area contributed by atoms with Gasteiger partial charge >= 0.3 is 0 Å². The summed E-state index contributed by atoms with van der Waals surface area (Å²) < 4.78 is 21.2. The molecule has 0 spiro atoms. The van der Waals surface area contributed by atoms with Gasteiger partial charge in [0.1, 0.15) is 6.10 Å². The van der Waals surface area contributed by atoms with E-state index in [0.29, 0.717) is 5.56 Å². The van der Waals surface area contributed by atoms with Crippen molar-refractivity contribution in [2.24, 2.45) is 0 Å². The van der Waals surface area contributed by atoms with Crippen LogP contribution in [0.4, 0.5) is 0 Å². The van der Waals surface area contributed by atoms with Crippen LogP contribution in [0.2, 0.25) is 0 Å². The van der Waals surface area contributed by atoms with Gasteiger partial charge in [-0.2, -0.15) is 0 Å². The van der Waals surface area contributed by atoms with E-state index in [2.05, 4.69) is 15.9 Å². The number of aliphatic hydroxyl groups is 1. The van der Waals surface area contributed by atoms with Crippen molar-refractivity contribution < 1.29 is 13.5 Å². The Bertz CT molecular complexity index is 470. The van der Waals surface area contributed by atoms with Gasteiger partial charge in [-0.3, -0.25) is 0 Å². The molecule has 0 amide bonds. The van der Waals surface area contributed by atoms with E-state index in [1.54, 1.807) is 24.3 Å². The summed E-state index contributed by atoms with van der Waals surface area (Å²) in [4.78, 5) is 0. The third-order valence-corrected chi connectivity index (χ3v) is 5.83. The first-order chi connectivity index (χ1) is 7.16. The van der Waals surface area contributed by atoms with Crippen molar-refractivity contribution >= 4 is 49.0 Å². The smallest absolute Gasteiger partial charge is 0.247 e. The first-order valence-electron chi connectivity index (χ1n) is 4.17. The lowest BCUT2D eigenvalue weighted by Crippen LogP contribution is -2.32. The van der Waals surface area contributed by atoms with Crippen LogP contribution in [0.3, 0.4) is 0 Å². The SMILES string of the molecule is CS(=O)(=O)C(Cl)(Cl)C(O)c1ccc(Br)cc1. The summed E-state index contributed by atoms with van der Waals surface area (Å²) in [5, 5.41) is 9.82. The highest BCUT2D eigenvalue weighted by molar-refractivity contribution is 9.10. The van der Waals surface area contributed by atoms with Gasteiger partial charge in [-0.05, 0) is 17.7 Å². The predicted octanol–water partition coefficient (Wildman–Crippen LogP) is 2.66. The number of halogens is 3. The fourth-order valence-corrected chi connectivity index (χ4v) is 2.10. The number of hydrogen-bond donors (Lipinski definition) is 1. The maximum absolute atomic E-state index is 11.3. The quantitative estimate of drug-likeness (QED) is 0.855. The topological polar surface area (TPSA) is 54.4 Å². The molecule has 0 bridgehead atoms. The summed E-state index contributed by atoms with van der Waals surface area (Å²) in [6.45, 7) is 0. The summed E-state index contributed by atoms with van der Waals surface area (Å²) >= 11 is 14.5. The van der Waals surface area contributed by atoms with E-state index in [0.717, 1.165) is 10.7 Å². The Hall–Kier alpha value is 0.190. The Morgan fingerprint density at radius 3 is 2.12 bits per heavy atom. The lowest BCUT2D eigenvalue weighted by atomic mass is 10.1. The van der Waals surface area contributed by atoms with Crippen LogP contribution in [0.25, 0.3) is 0 Å². The second-order valence-electron chi connectivity index (χ2n) is 3.29. The molecule has 1 aromatic rings. The molecule has 0 aromatic heterocycles. The zero-order valence-corrected chi connectivity index (χ0v) is 12.1. The minimum Gasteiger partial charge on any atom is -0.384 e. The number of benzene rings is 1. The van der Waals surface area contributed by atoms with Crippen LogP contribution in [0.1, 0.15) is 11.7 Å². The van der Waals surface area contributed by atoms with E-state index in [1.807, 2.05) is 0 Å². The van der Waals surface area contributed by atoms with Gasteiger partial charge in [-0.25, -0.2) is 8.42 Å². The van der Waals surface area contributed by atoms with E-state index in [9.17, 15) is 13.5 Å². The molecule has 0 fully saturated rings. The molecule has 3 nitrogen and oxygen atoms in total. The molecule has 0 aliphatic rings. The molecule has 90 valence electrons. The third kappa shape index (κ3) is 2.90. The molecule has 0 radical (unpaired) electrons. The maximum Gasteiger partial charge on any atom is 0.247 e. The van der Waals surface area contributed by atoms with Crippen molar-refractivity contribution in [1.82, 2.24) is 0 Å².